The first-order valence-electron chi connectivity index (χ1n) is 6.15. The lowest BCUT2D eigenvalue weighted by atomic mass is 10.1. The van der Waals surface area contributed by atoms with Crippen LogP contribution in [-0.2, 0) is 6.61 Å². The second-order valence-electron chi connectivity index (χ2n) is 4.34. The first-order valence-corrected chi connectivity index (χ1v) is 6.53. The number of hydrogen-bond donors (Lipinski definition) is 0. The number of rotatable bonds is 5. The Morgan fingerprint density at radius 1 is 1.24 bits per heavy atom. The van der Waals surface area contributed by atoms with Gasteiger partial charge in [-0.15, -0.1) is 0 Å². The Morgan fingerprint density at radius 3 is 2.62 bits per heavy atom. The van der Waals surface area contributed by atoms with Crippen LogP contribution in [0.1, 0.15) is 22.8 Å². The van der Waals surface area contributed by atoms with Gasteiger partial charge in [-0.3, -0.25) is 14.9 Å². The smallest absolute Gasteiger partial charge is 0.277 e. The van der Waals surface area contributed by atoms with Crippen LogP contribution in [0.25, 0.3) is 0 Å². The van der Waals surface area contributed by atoms with E-state index in [1.807, 2.05) is 0 Å². The highest BCUT2D eigenvalue weighted by Crippen LogP contribution is 2.28. The summed E-state index contributed by atoms with van der Waals surface area (Å²) in [7, 11) is 0. The lowest BCUT2D eigenvalue weighted by Gasteiger charge is -2.10. The number of nitro groups is 1. The fourth-order valence-electron chi connectivity index (χ4n) is 1.89. The number of para-hydroxylation sites is 1. The Labute approximate surface area is 126 Å². The molecule has 0 amide bonds. The van der Waals surface area contributed by atoms with Crippen molar-refractivity contribution in [2.24, 2.45) is 0 Å². The molecule has 0 atom stereocenters. The van der Waals surface area contributed by atoms with Gasteiger partial charge in [0.05, 0.1) is 21.1 Å². The Balaban J connectivity index is 2.29. The van der Waals surface area contributed by atoms with Gasteiger partial charge in [0, 0.05) is 6.07 Å². The van der Waals surface area contributed by atoms with Crippen LogP contribution in [0, 0.1) is 10.1 Å². The molecule has 2 aromatic rings. The van der Waals surface area contributed by atoms with E-state index in [2.05, 4.69) is 0 Å². The molecule has 6 heteroatoms. The maximum atomic E-state index is 11.5. The predicted octanol–water partition coefficient (Wildman–Crippen LogP) is 4.03. The van der Waals surface area contributed by atoms with Crippen molar-refractivity contribution in [1.29, 1.82) is 0 Å². The van der Waals surface area contributed by atoms with Crippen LogP contribution in [0.5, 0.6) is 5.75 Å². The van der Waals surface area contributed by atoms with Crippen LogP contribution in [0.15, 0.2) is 42.5 Å². The molecule has 21 heavy (non-hydrogen) atoms. The maximum Gasteiger partial charge on any atom is 0.277 e. The van der Waals surface area contributed by atoms with Crippen LogP contribution < -0.4 is 4.74 Å². The number of hydrogen-bond acceptors (Lipinski definition) is 4. The van der Waals surface area contributed by atoms with Crippen molar-refractivity contribution < 1.29 is 14.5 Å². The summed E-state index contributed by atoms with van der Waals surface area (Å²) in [6.45, 7) is 1.35. The SMILES string of the molecule is CC(=O)c1ccccc1OCc1c(Cl)cccc1[N+](=O)[O-]. The van der Waals surface area contributed by atoms with Crippen molar-refractivity contribution in [2.75, 3.05) is 0 Å². The zero-order valence-electron chi connectivity index (χ0n) is 11.2. The Morgan fingerprint density at radius 2 is 1.95 bits per heavy atom. The summed E-state index contributed by atoms with van der Waals surface area (Å²) < 4.78 is 5.55. The lowest BCUT2D eigenvalue weighted by Crippen LogP contribution is -2.04. The van der Waals surface area contributed by atoms with Gasteiger partial charge in [-0.25, -0.2) is 0 Å². The average Bonchev–Trinajstić information content (AvgIpc) is 2.45. The fourth-order valence-corrected chi connectivity index (χ4v) is 2.12. The zero-order valence-corrected chi connectivity index (χ0v) is 12.0. The number of ketones is 1. The van der Waals surface area contributed by atoms with E-state index in [9.17, 15) is 14.9 Å². The Bertz CT molecular complexity index is 700. The van der Waals surface area contributed by atoms with E-state index in [4.69, 9.17) is 16.3 Å². The van der Waals surface area contributed by atoms with E-state index in [1.165, 1.54) is 19.1 Å². The molecule has 0 heterocycles. The molecule has 0 aliphatic heterocycles. The van der Waals surface area contributed by atoms with E-state index in [0.717, 1.165) is 0 Å². The van der Waals surface area contributed by atoms with Crippen molar-refractivity contribution in [2.45, 2.75) is 13.5 Å². The summed E-state index contributed by atoms with van der Waals surface area (Å²) in [5.41, 5.74) is 0.595. The minimum Gasteiger partial charge on any atom is -0.488 e. The van der Waals surface area contributed by atoms with E-state index < -0.39 is 4.92 Å². The summed E-state index contributed by atoms with van der Waals surface area (Å²) in [6.07, 6.45) is 0. The molecule has 0 bridgehead atoms. The number of carbonyl (C=O) groups excluding carboxylic acids is 1. The van der Waals surface area contributed by atoms with E-state index in [1.54, 1.807) is 30.3 Å². The van der Waals surface area contributed by atoms with Gasteiger partial charge < -0.3 is 4.74 Å². The molecular formula is C15H12ClNO4. The van der Waals surface area contributed by atoms with Crippen molar-refractivity contribution >= 4 is 23.1 Å². The molecule has 0 aliphatic carbocycles. The highest BCUT2D eigenvalue weighted by molar-refractivity contribution is 6.31. The molecule has 0 unspecified atom stereocenters. The molecule has 0 aliphatic rings. The minimum atomic E-state index is -0.512. The summed E-state index contributed by atoms with van der Waals surface area (Å²) in [5.74, 6) is 0.235. The molecule has 108 valence electrons. The zero-order chi connectivity index (χ0) is 15.4. The predicted molar refractivity (Wildman–Crippen MR) is 78.9 cm³/mol. The van der Waals surface area contributed by atoms with E-state index in [-0.39, 0.29) is 28.7 Å². The topological polar surface area (TPSA) is 69.4 Å². The number of nitro benzene ring substituents is 1. The molecule has 0 radical (unpaired) electrons. The number of ether oxygens (including phenoxy) is 1. The molecule has 0 saturated carbocycles. The first-order chi connectivity index (χ1) is 10.0. The van der Waals surface area contributed by atoms with Gasteiger partial charge in [-0.2, -0.15) is 0 Å². The van der Waals surface area contributed by atoms with Gasteiger partial charge >= 0.3 is 0 Å². The second-order valence-corrected chi connectivity index (χ2v) is 4.74. The average molecular weight is 306 g/mol. The summed E-state index contributed by atoms with van der Waals surface area (Å²) in [4.78, 5) is 22.0. The van der Waals surface area contributed by atoms with Gasteiger partial charge in [-0.1, -0.05) is 29.8 Å². The van der Waals surface area contributed by atoms with Crippen molar-refractivity contribution in [1.82, 2.24) is 0 Å². The van der Waals surface area contributed by atoms with Crippen LogP contribution in [-0.4, -0.2) is 10.7 Å². The van der Waals surface area contributed by atoms with Crippen LogP contribution >= 0.6 is 11.6 Å². The lowest BCUT2D eigenvalue weighted by molar-refractivity contribution is -0.385. The van der Waals surface area contributed by atoms with E-state index >= 15 is 0 Å². The third-order valence-electron chi connectivity index (χ3n) is 2.93. The maximum absolute atomic E-state index is 11.5. The third-order valence-corrected chi connectivity index (χ3v) is 3.28. The number of benzene rings is 2. The van der Waals surface area contributed by atoms with Crippen molar-refractivity contribution in [3.8, 4) is 5.75 Å². The first kappa shape index (κ1) is 15.0. The Hall–Kier alpha value is -2.40. The van der Waals surface area contributed by atoms with Gasteiger partial charge in [0.15, 0.2) is 5.78 Å². The normalized spacial score (nSPS) is 10.2. The monoisotopic (exact) mass is 305 g/mol. The molecule has 0 N–H and O–H groups in total. The third kappa shape index (κ3) is 3.38. The van der Waals surface area contributed by atoms with Crippen LogP contribution in [0.2, 0.25) is 5.02 Å². The molecule has 2 rings (SSSR count). The van der Waals surface area contributed by atoms with Crippen LogP contribution in [0.3, 0.4) is 0 Å². The van der Waals surface area contributed by atoms with E-state index in [0.29, 0.717) is 11.3 Å². The number of halogens is 1. The van der Waals surface area contributed by atoms with Gasteiger partial charge in [-0.05, 0) is 25.1 Å². The number of carbonyl (C=O) groups is 1. The summed E-state index contributed by atoms with van der Waals surface area (Å²) in [5, 5.41) is 11.3. The molecule has 2 aromatic carbocycles. The summed E-state index contributed by atoms with van der Waals surface area (Å²) >= 11 is 5.99. The minimum absolute atomic E-state index is 0.0831. The second kappa shape index (κ2) is 6.37. The molecule has 0 saturated heterocycles. The molecule has 0 spiro atoms. The summed E-state index contributed by atoms with van der Waals surface area (Å²) in [6, 6.07) is 11.2. The van der Waals surface area contributed by atoms with Crippen molar-refractivity contribution in [3.05, 3.63) is 68.7 Å². The standard InChI is InChI=1S/C15H12ClNO4/c1-10(18)11-5-2-3-8-15(11)21-9-12-13(16)6-4-7-14(12)17(19)20/h2-8H,9H2,1H3. The molecule has 5 nitrogen and oxygen atoms in total. The molecule has 0 fully saturated rings. The molecular weight excluding hydrogens is 294 g/mol. The molecule has 0 aromatic heterocycles. The quantitative estimate of drug-likeness (QED) is 0.475. The van der Waals surface area contributed by atoms with Gasteiger partial charge in [0.25, 0.3) is 5.69 Å². The highest BCUT2D eigenvalue weighted by Gasteiger charge is 2.18. The van der Waals surface area contributed by atoms with Crippen molar-refractivity contribution in [3.63, 3.8) is 0 Å². The largest absolute Gasteiger partial charge is 0.488 e. The highest BCUT2D eigenvalue weighted by atomic mass is 35.5. The number of nitrogens with zero attached hydrogens (tertiary/aromatic N) is 1. The number of Topliss-reactive ketones (excluding diaryl/α,β-unsaturated/α-hetero) is 1. The van der Waals surface area contributed by atoms with Crippen LogP contribution in [0.4, 0.5) is 5.69 Å². The van der Waals surface area contributed by atoms with Gasteiger partial charge in [0.2, 0.25) is 0 Å². The Kier molecular flexibility index (Phi) is 4.55. The fraction of sp³-hybridized carbons (Fsp3) is 0.133. The van der Waals surface area contributed by atoms with Gasteiger partial charge in [0.1, 0.15) is 12.4 Å².